The molecular weight excluding hydrogens is 286 g/mol. The Hall–Kier alpha value is -1.43. The van der Waals surface area contributed by atoms with Gasteiger partial charge >= 0.3 is 0 Å². The third-order valence-corrected chi connectivity index (χ3v) is 6.22. The molecule has 0 radical (unpaired) electrons. The predicted octanol–water partition coefficient (Wildman–Crippen LogP) is 2.55. The van der Waals surface area contributed by atoms with Gasteiger partial charge in [-0.1, -0.05) is 61.2 Å². The lowest BCUT2D eigenvalue weighted by atomic mass is 10.1. The number of hydrogen-bond donors (Lipinski definition) is 1. The van der Waals surface area contributed by atoms with Gasteiger partial charge in [0.2, 0.25) is 10.0 Å². The first-order chi connectivity index (χ1) is 9.18. The highest BCUT2D eigenvalue weighted by Gasteiger charge is 2.16. The molecule has 0 fully saturated rings. The van der Waals surface area contributed by atoms with Crippen LogP contribution in [0.2, 0.25) is 19.6 Å². The Balaban J connectivity index is 2.43. The van der Waals surface area contributed by atoms with Gasteiger partial charge in [-0.05, 0) is 23.3 Å². The van der Waals surface area contributed by atoms with E-state index in [1.54, 1.807) is 24.3 Å². The lowest BCUT2D eigenvalue weighted by Gasteiger charge is -2.17. The number of sulfonamides is 1. The Morgan fingerprint density at radius 3 is 2.00 bits per heavy atom. The first-order valence-electron chi connectivity index (χ1n) is 6.42. The van der Waals surface area contributed by atoms with E-state index in [9.17, 15) is 8.42 Å². The Bertz CT molecular complexity index is 716. The molecule has 0 spiro atoms. The van der Waals surface area contributed by atoms with Gasteiger partial charge in [0, 0.05) is 0 Å². The summed E-state index contributed by atoms with van der Waals surface area (Å²) < 4.78 is 22.5. The van der Waals surface area contributed by atoms with E-state index in [2.05, 4.69) is 37.8 Å². The quantitative estimate of drug-likeness (QED) is 0.886. The zero-order valence-electron chi connectivity index (χ0n) is 11.9. The lowest BCUT2D eigenvalue weighted by Crippen LogP contribution is -2.37. The molecule has 0 atom stereocenters. The summed E-state index contributed by atoms with van der Waals surface area (Å²) in [6.07, 6.45) is 0. The minimum Gasteiger partial charge on any atom is -0.225 e. The van der Waals surface area contributed by atoms with Gasteiger partial charge in [0.15, 0.2) is 0 Å². The van der Waals surface area contributed by atoms with Gasteiger partial charge in [-0.3, -0.25) is 0 Å². The van der Waals surface area contributed by atoms with Crippen LogP contribution in [-0.4, -0.2) is 16.5 Å². The summed E-state index contributed by atoms with van der Waals surface area (Å²) in [6.45, 7) is 6.91. The van der Waals surface area contributed by atoms with Crippen molar-refractivity contribution in [3.63, 3.8) is 0 Å². The molecule has 0 aliphatic carbocycles. The van der Waals surface area contributed by atoms with Crippen LogP contribution in [-0.2, 0) is 10.0 Å². The summed E-state index contributed by atoms with van der Waals surface area (Å²) in [4.78, 5) is 0.141. The average Bonchev–Trinajstić information content (AvgIpc) is 2.37. The fourth-order valence-electron chi connectivity index (χ4n) is 2.00. The monoisotopic (exact) mass is 305 g/mol. The van der Waals surface area contributed by atoms with Gasteiger partial charge in [0.05, 0.1) is 13.0 Å². The number of primary sulfonamides is 1. The second-order valence-corrected chi connectivity index (χ2v) is 12.5. The Morgan fingerprint density at radius 2 is 1.50 bits per heavy atom. The summed E-state index contributed by atoms with van der Waals surface area (Å²) in [5.74, 6) is 0. The molecule has 2 aromatic rings. The molecule has 0 saturated carbocycles. The molecule has 2 aromatic carbocycles. The van der Waals surface area contributed by atoms with Crippen LogP contribution in [0, 0.1) is 0 Å². The molecule has 2 rings (SSSR count). The van der Waals surface area contributed by atoms with Crippen molar-refractivity contribution in [2.75, 3.05) is 0 Å². The number of hydrogen-bond acceptors (Lipinski definition) is 2. The van der Waals surface area contributed by atoms with Crippen LogP contribution in [0.3, 0.4) is 0 Å². The fraction of sp³-hybridized carbons (Fsp3) is 0.200. The van der Waals surface area contributed by atoms with E-state index in [1.807, 2.05) is 6.07 Å². The zero-order valence-corrected chi connectivity index (χ0v) is 13.7. The van der Waals surface area contributed by atoms with Gasteiger partial charge < -0.3 is 0 Å². The van der Waals surface area contributed by atoms with E-state index in [4.69, 9.17) is 5.14 Å². The van der Waals surface area contributed by atoms with Crippen molar-refractivity contribution in [3.05, 3.63) is 48.5 Å². The fourth-order valence-corrected chi connectivity index (χ4v) is 3.70. The van der Waals surface area contributed by atoms with E-state index in [0.29, 0.717) is 0 Å². The van der Waals surface area contributed by atoms with Gasteiger partial charge in [-0.2, -0.15) is 0 Å². The van der Waals surface area contributed by atoms with Gasteiger partial charge in [0.25, 0.3) is 0 Å². The minimum absolute atomic E-state index is 0.141. The smallest absolute Gasteiger partial charge is 0.225 e. The van der Waals surface area contributed by atoms with Crippen LogP contribution >= 0.6 is 0 Å². The normalized spacial score (nSPS) is 12.4. The summed E-state index contributed by atoms with van der Waals surface area (Å²) >= 11 is 0. The third-order valence-electron chi connectivity index (χ3n) is 3.24. The summed E-state index contributed by atoms with van der Waals surface area (Å²) in [6, 6.07) is 15.1. The number of benzene rings is 2. The van der Waals surface area contributed by atoms with Crippen molar-refractivity contribution in [2.24, 2.45) is 5.14 Å². The van der Waals surface area contributed by atoms with Crippen molar-refractivity contribution >= 4 is 23.3 Å². The van der Waals surface area contributed by atoms with Crippen molar-refractivity contribution in [2.45, 2.75) is 24.5 Å². The predicted molar refractivity (Wildman–Crippen MR) is 86.2 cm³/mol. The van der Waals surface area contributed by atoms with Crippen molar-refractivity contribution < 1.29 is 8.42 Å². The van der Waals surface area contributed by atoms with E-state index < -0.39 is 18.1 Å². The first kappa shape index (κ1) is 15.0. The Morgan fingerprint density at radius 1 is 0.900 bits per heavy atom. The van der Waals surface area contributed by atoms with Gasteiger partial charge in [0.1, 0.15) is 0 Å². The lowest BCUT2D eigenvalue weighted by molar-refractivity contribution is 0.598. The van der Waals surface area contributed by atoms with E-state index in [-0.39, 0.29) is 4.90 Å². The van der Waals surface area contributed by atoms with Gasteiger partial charge in [-0.15, -0.1) is 0 Å². The van der Waals surface area contributed by atoms with Crippen molar-refractivity contribution in [1.29, 1.82) is 0 Å². The molecule has 0 saturated heterocycles. The topological polar surface area (TPSA) is 60.2 Å². The largest absolute Gasteiger partial charge is 0.238 e. The molecule has 0 aliphatic rings. The van der Waals surface area contributed by atoms with E-state index in [0.717, 1.165) is 11.1 Å². The molecule has 0 aliphatic heterocycles. The molecule has 5 heteroatoms. The van der Waals surface area contributed by atoms with Crippen LogP contribution in [0.5, 0.6) is 0 Å². The molecule has 20 heavy (non-hydrogen) atoms. The first-order valence-corrected chi connectivity index (χ1v) is 11.5. The maximum atomic E-state index is 11.2. The number of rotatable bonds is 3. The molecule has 0 aromatic heterocycles. The molecule has 0 heterocycles. The van der Waals surface area contributed by atoms with Crippen LogP contribution in [0.1, 0.15) is 0 Å². The van der Waals surface area contributed by atoms with Crippen molar-refractivity contribution in [1.82, 2.24) is 0 Å². The molecule has 106 valence electrons. The van der Waals surface area contributed by atoms with E-state index >= 15 is 0 Å². The Labute approximate surface area is 121 Å². The van der Waals surface area contributed by atoms with Crippen LogP contribution in [0.4, 0.5) is 0 Å². The van der Waals surface area contributed by atoms with Crippen LogP contribution in [0.25, 0.3) is 11.1 Å². The average molecular weight is 305 g/mol. The highest BCUT2D eigenvalue weighted by molar-refractivity contribution is 7.89. The summed E-state index contributed by atoms with van der Waals surface area (Å²) in [5.41, 5.74) is 2.10. The molecule has 0 amide bonds. The summed E-state index contributed by atoms with van der Waals surface area (Å²) in [7, 11) is -4.98. The highest BCUT2D eigenvalue weighted by Crippen LogP contribution is 2.21. The SMILES string of the molecule is C[Si](C)(C)c1cccc(-c2ccc(S(N)(=O)=O)cc2)c1. The van der Waals surface area contributed by atoms with Crippen LogP contribution < -0.4 is 10.3 Å². The summed E-state index contributed by atoms with van der Waals surface area (Å²) in [5, 5.41) is 6.48. The molecular formula is C15H19NO2SSi. The molecule has 0 unspecified atom stereocenters. The second-order valence-electron chi connectivity index (χ2n) is 5.90. The molecule has 0 bridgehead atoms. The second kappa shape index (κ2) is 5.16. The van der Waals surface area contributed by atoms with E-state index in [1.165, 1.54) is 5.19 Å². The van der Waals surface area contributed by atoms with Crippen LogP contribution in [0.15, 0.2) is 53.4 Å². The maximum absolute atomic E-state index is 11.2. The molecule has 2 N–H and O–H groups in total. The van der Waals surface area contributed by atoms with Crippen molar-refractivity contribution in [3.8, 4) is 11.1 Å². The Kier molecular flexibility index (Phi) is 3.86. The standard InChI is InChI=1S/C15H19NO2SSi/c1-20(2,3)15-6-4-5-13(11-15)12-7-9-14(10-8-12)19(16,17)18/h4-11H,1-3H3,(H2,16,17,18). The molecule has 3 nitrogen and oxygen atoms in total. The number of nitrogens with two attached hydrogens (primary N) is 1. The zero-order chi connectivity index (χ0) is 15.0. The third kappa shape index (κ3) is 3.36. The van der Waals surface area contributed by atoms with Gasteiger partial charge in [-0.25, -0.2) is 13.6 Å². The maximum Gasteiger partial charge on any atom is 0.238 e. The minimum atomic E-state index is -3.63. The highest BCUT2D eigenvalue weighted by atomic mass is 32.2.